The molecule has 0 saturated heterocycles. The predicted octanol–water partition coefficient (Wildman–Crippen LogP) is 3.06. The Bertz CT molecular complexity index is 500. The first kappa shape index (κ1) is 15.2. The molecule has 19 heavy (non-hydrogen) atoms. The Balaban J connectivity index is 3.02. The molecule has 7 heteroatoms. The first-order valence-corrected chi connectivity index (χ1v) is 6.58. The van der Waals surface area contributed by atoms with Crippen molar-refractivity contribution in [3.8, 4) is 11.9 Å². The van der Waals surface area contributed by atoms with Gasteiger partial charge in [0.05, 0.1) is 0 Å². The number of thioether (sulfide) groups is 1. The van der Waals surface area contributed by atoms with Gasteiger partial charge in [-0.3, -0.25) is 5.32 Å². The highest BCUT2D eigenvalue weighted by Crippen LogP contribution is 2.29. The van der Waals surface area contributed by atoms with E-state index in [1.54, 1.807) is 30.6 Å². The largest absolute Gasteiger partial charge is 0.485 e. The van der Waals surface area contributed by atoms with Crippen molar-refractivity contribution in [1.29, 1.82) is 5.26 Å². The van der Waals surface area contributed by atoms with Gasteiger partial charge in [0, 0.05) is 0 Å². The van der Waals surface area contributed by atoms with E-state index < -0.39 is 13.0 Å². The molecule has 0 atom stereocenters. The minimum atomic E-state index is -2.55. The molecule has 1 N–H and O–H groups in total. The third-order valence-corrected chi connectivity index (χ3v) is 2.64. The van der Waals surface area contributed by atoms with Crippen LogP contribution in [-0.4, -0.2) is 24.5 Å². The van der Waals surface area contributed by atoms with Gasteiger partial charge in [-0.05, 0) is 30.9 Å². The summed E-state index contributed by atoms with van der Waals surface area (Å²) in [4.78, 5) is 4.16. The molecule has 0 fully saturated rings. The van der Waals surface area contributed by atoms with Crippen molar-refractivity contribution in [1.82, 2.24) is 5.32 Å². The molecule has 0 aliphatic carbocycles. The molecule has 102 valence electrons. The molecule has 0 saturated carbocycles. The second-order valence-electron chi connectivity index (χ2n) is 3.53. The van der Waals surface area contributed by atoms with E-state index in [-0.39, 0.29) is 5.75 Å². The van der Waals surface area contributed by atoms with Gasteiger partial charge in [-0.1, -0.05) is 17.8 Å². The Labute approximate surface area is 114 Å². The lowest BCUT2D eigenvalue weighted by Gasteiger charge is -2.10. The van der Waals surface area contributed by atoms with Crippen LogP contribution in [-0.2, 0) is 0 Å². The van der Waals surface area contributed by atoms with Gasteiger partial charge in [0.25, 0.3) is 6.43 Å². The van der Waals surface area contributed by atoms with Crippen molar-refractivity contribution in [2.24, 2.45) is 4.99 Å². The van der Waals surface area contributed by atoms with E-state index in [1.165, 1.54) is 11.8 Å². The zero-order chi connectivity index (χ0) is 14.3. The first-order valence-electron chi connectivity index (χ1n) is 5.36. The van der Waals surface area contributed by atoms with Gasteiger partial charge in [0.2, 0.25) is 0 Å². The number of nitrogens with one attached hydrogen (secondary N) is 1. The zero-order valence-corrected chi connectivity index (χ0v) is 11.3. The van der Waals surface area contributed by atoms with Gasteiger partial charge in [-0.2, -0.15) is 5.26 Å². The van der Waals surface area contributed by atoms with E-state index in [2.05, 4.69) is 10.3 Å². The third kappa shape index (κ3) is 5.14. The van der Waals surface area contributed by atoms with Gasteiger partial charge >= 0.3 is 0 Å². The van der Waals surface area contributed by atoms with E-state index in [4.69, 9.17) is 10.00 Å². The highest BCUT2D eigenvalue weighted by atomic mass is 32.2. The van der Waals surface area contributed by atoms with E-state index in [9.17, 15) is 8.78 Å². The molecule has 0 amide bonds. The number of hydrogen-bond donors (Lipinski definition) is 1. The number of ether oxygens (including phenoxy) is 1. The average molecular weight is 285 g/mol. The molecule has 0 spiro atoms. The van der Waals surface area contributed by atoms with Crippen LogP contribution < -0.4 is 10.1 Å². The van der Waals surface area contributed by atoms with Gasteiger partial charge < -0.3 is 4.74 Å². The van der Waals surface area contributed by atoms with Crippen LogP contribution in [0.15, 0.2) is 23.2 Å². The topological polar surface area (TPSA) is 57.4 Å². The number of benzene rings is 1. The fourth-order valence-corrected chi connectivity index (χ4v) is 1.60. The summed E-state index contributed by atoms with van der Waals surface area (Å²) in [6, 6.07) is 5.08. The molecule has 1 aromatic carbocycles. The molecule has 4 nitrogen and oxygen atoms in total. The van der Waals surface area contributed by atoms with Crippen LogP contribution >= 0.6 is 11.8 Å². The maximum Gasteiger partial charge on any atom is 0.272 e. The maximum atomic E-state index is 12.2. The van der Waals surface area contributed by atoms with Crippen molar-refractivity contribution in [2.75, 3.05) is 12.9 Å². The Kier molecular flexibility index (Phi) is 6.09. The Morgan fingerprint density at radius 3 is 2.89 bits per heavy atom. The normalized spacial score (nSPS) is 11.3. The monoisotopic (exact) mass is 285 g/mol. The Morgan fingerprint density at radius 2 is 2.32 bits per heavy atom. The Hall–Kier alpha value is -1.81. The second-order valence-corrected chi connectivity index (χ2v) is 4.33. The fourth-order valence-electron chi connectivity index (χ4n) is 1.26. The molecule has 1 aromatic rings. The summed E-state index contributed by atoms with van der Waals surface area (Å²) in [5.41, 5.74) is 1.28. The van der Waals surface area contributed by atoms with Crippen LogP contribution in [0.25, 0.3) is 0 Å². The molecular weight excluding hydrogens is 272 g/mol. The fraction of sp³-hybridized carbons (Fsp3) is 0.333. The molecule has 0 aliphatic rings. The lowest BCUT2D eigenvalue weighted by atomic mass is 10.2. The van der Waals surface area contributed by atoms with Crippen LogP contribution in [0.5, 0.6) is 5.75 Å². The zero-order valence-electron chi connectivity index (χ0n) is 10.5. The number of amidine groups is 1. The molecule has 0 heterocycles. The van der Waals surface area contributed by atoms with E-state index in [0.717, 1.165) is 5.56 Å². The summed E-state index contributed by atoms with van der Waals surface area (Å²) in [5.74, 6) is 0.270. The maximum absolute atomic E-state index is 12.2. The molecule has 0 unspecified atom stereocenters. The second kappa shape index (κ2) is 7.59. The number of aliphatic imine (C=N–C) groups is 1. The molecule has 0 radical (unpaired) electrons. The number of nitrogens with zero attached hydrogens (tertiary/aromatic N) is 2. The van der Waals surface area contributed by atoms with E-state index in [1.807, 2.05) is 6.92 Å². The van der Waals surface area contributed by atoms with Gasteiger partial charge in [0.1, 0.15) is 18.0 Å². The minimum absolute atomic E-state index is 0.270. The SMILES string of the molecule is CSC(=Nc1ccc(C)cc1OCC(F)F)NC#N. The van der Waals surface area contributed by atoms with Crippen LogP contribution in [0.3, 0.4) is 0 Å². The van der Waals surface area contributed by atoms with Crippen molar-refractivity contribution in [3.05, 3.63) is 23.8 Å². The lowest BCUT2D eigenvalue weighted by Crippen LogP contribution is -2.13. The summed E-state index contributed by atoms with van der Waals surface area (Å²) >= 11 is 1.24. The Morgan fingerprint density at radius 1 is 1.58 bits per heavy atom. The van der Waals surface area contributed by atoms with E-state index >= 15 is 0 Å². The van der Waals surface area contributed by atoms with Gasteiger partial charge in [-0.15, -0.1) is 0 Å². The smallest absolute Gasteiger partial charge is 0.272 e. The summed E-state index contributed by atoms with van der Waals surface area (Å²) in [6.07, 6.45) is 0.958. The highest BCUT2D eigenvalue weighted by Gasteiger charge is 2.09. The molecule has 1 rings (SSSR count). The van der Waals surface area contributed by atoms with Crippen LogP contribution in [0.4, 0.5) is 14.5 Å². The predicted molar refractivity (Wildman–Crippen MR) is 72.0 cm³/mol. The van der Waals surface area contributed by atoms with Crippen LogP contribution in [0.2, 0.25) is 0 Å². The van der Waals surface area contributed by atoms with E-state index in [0.29, 0.717) is 10.9 Å². The molecule has 0 aromatic heterocycles. The van der Waals surface area contributed by atoms with Crippen molar-refractivity contribution in [2.45, 2.75) is 13.3 Å². The number of alkyl halides is 2. The summed E-state index contributed by atoms with van der Waals surface area (Å²) in [6.45, 7) is 1.14. The van der Waals surface area contributed by atoms with Crippen molar-refractivity contribution >= 4 is 22.6 Å². The number of halogens is 2. The average Bonchev–Trinajstić information content (AvgIpc) is 2.38. The quantitative estimate of drug-likeness (QED) is 0.400. The standard InChI is InChI=1S/C12H13F2N3OS/c1-8-3-4-9(17-12(19-2)16-7-15)10(5-8)18-6-11(13)14/h3-5,11H,6H2,1-2H3,(H,16,17). The van der Waals surface area contributed by atoms with Crippen molar-refractivity contribution < 1.29 is 13.5 Å². The summed E-state index contributed by atoms with van der Waals surface area (Å²) in [5, 5.41) is 11.3. The van der Waals surface area contributed by atoms with Gasteiger partial charge in [0.15, 0.2) is 11.4 Å². The lowest BCUT2D eigenvalue weighted by molar-refractivity contribution is 0.0822. The third-order valence-electron chi connectivity index (χ3n) is 2.06. The highest BCUT2D eigenvalue weighted by molar-refractivity contribution is 8.13. The first-order chi connectivity index (χ1) is 9.06. The summed E-state index contributed by atoms with van der Waals surface area (Å²) in [7, 11) is 0. The number of hydrogen-bond acceptors (Lipinski definition) is 4. The molecular formula is C12H13F2N3OS. The number of rotatable bonds is 4. The van der Waals surface area contributed by atoms with Crippen LogP contribution in [0, 0.1) is 18.4 Å². The number of nitriles is 1. The van der Waals surface area contributed by atoms with Crippen molar-refractivity contribution in [3.63, 3.8) is 0 Å². The van der Waals surface area contributed by atoms with Gasteiger partial charge in [-0.25, -0.2) is 13.8 Å². The number of aryl methyl sites for hydroxylation is 1. The molecule has 0 bridgehead atoms. The summed E-state index contributed by atoms with van der Waals surface area (Å²) < 4.78 is 29.4. The minimum Gasteiger partial charge on any atom is -0.485 e. The van der Waals surface area contributed by atoms with Crippen LogP contribution in [0.1, 0.15) is 5.56 Å². The molecule has 0 aliphatic heterocycles.